The van der Waals surface area contributed by atoms with Gasteiger partial charge in [-0.25, -0.2) is 0 Å². The molecular formula is C18H23NO4. The summed E-state index contributed by atoms with van der Waals surface area (Å²) in [6, 6.07) is 7.04. The highest BCUT2D eigenvalue weighted by atomic mass is 16.5. The highest BCUT2D eigenvalue weighted by Crippen LogP contribution is 2.47. The Kier molecular flexibility index (Phi) is 3.61. The summed E-state index contributed by atoms with van der Waals surface area (Å²) >= 11 is 0. The molecule has 1 N–H and O–H groups in total. The van der Waals surface area contributed by atoms with Gasteiger partial charge in [-0.3, -0.25) is 9.59 Å². The maximum atomic E-state index is 13.0. The third kappa shape index (κ3) is 2.30. The van der Waals surface area contributed by atoms with Gasteiger partial charge in [0.1, 0.15) is 5.78 Å². The molecule has 0 saturated carbocycles. The number of carbonyl (C=O) groups is 2. The molecule has 0 aromatic heterocycles. The zero-order valence-corrected chi connectivity index (χ0v) is 14.0. The summed E-state index contributed by atoms with van der Waals surface area (Å²) in [5.41, 5.74) is -1.22. The number of hydrogen-bond acceptors (Lipinski definition) is 4. The molecule has 0 bridgehead atoms. The Balaban J connectivity index is 2.08. The van der Waals surface area contributed by atoms with Crippen LogP contribution in [0.2, 0.25) is 0 Å². The highest BCUT2D eigenvalue weighted by molar-refractivity contribution is 6.10. The van der Waals surface area contributed by atoms with Gasteiger partial charge in [-0.05, 0) is 33.8 Å². The lowest BCUT2D eigenvalue weighted by Crippen LogP contribution is -2.55. The summed E-state index contributed by atoms with van der Waals surface area (Å²) in [6.45, 7) is 7.52. The quantitative estimate of drug-likeness (QED) is 0.906. The van der Waals surface area contributed by atoms with Crippen molar-refractivity contribution in [2.24, 2.45) is 5.92 Å². The lowest BCUT2D eigenvalue weighted by atomic mass is 9.76. The van der Waals surface area contributed by atoms with Crippen LogP contribution in [0.15, 0.2) is 24.3 Å². The fourth-order valence-corrected chi connectivity index (χ4v) is 3.61. The first-order valence-corrected chi connectivity index (χ1v) is 8.00. The van der Waals surface area contributed by atoms with Crippen molar-refractivity contribution >= 4 is 17.4 Å². The van der Waals surface area contributed by atoms with Crippen LogP contribution in [-0.4, -0.2) is 35.0 Å². The number of rotatable bonds is 2. The molecule has 2 atom stereocenters. The highest BCUT2D eigenvalue weighted by Gasteiger charge is 2.58. The van der Waals surface area contributed by atoms with Gasteiger partial charge in [-0.15, -0.1) is 0 Å². The van der Waals surface area contributed by atoms with E-state index in [2.05, 4.69) is 0 Å². The van der Waals surface area contributed by atoms with Crippen LogP contribution in [0.25, 0.3) is 0 Å². The topological polar surface area (TPSA) is 66.8 Å². The first kappa shape index (κ1) is 16.1. The van der Waals surface area contributed by atoms with Crippen LogP contribution in [-0.2, 0) is 19.9 Å². The molecular weight excluding hydrogens is 294 g/mol. The number of ether oxygens (including phenoxy) is 1. The maximum Gasteiger partial charge on any atom is 0.264 e. The van der Waals surface area contributed by atoms with Crippen molar-refractivity contribution in [3.63, 3.8) is 0 Å². The molecule has 124 valence electrons. The monoisotopic (exact) mass is 317 g/mol. The molecule has 23 heavy (non-hydrogen) atoms. The molecule has 5 heteroatoms. The minimum absolute atomic E-state index is 0.0499. The van der Waals surface area contributed by atoms with Crippen molar-refractivity contribution in [3.05, 3.63) is 29.8 Å². The third-order valence-corrected chi connectivity index (χ3v) is 4.77. The summed E-state index contributed by atoms with van der Waals surface area (Å²) in [6.07, 6.45) is 0.192. The number of benzene rings is 1. The molecule has 1 saturated heterocycles. The summed E-state index contributed by atoms with van der Waals surface area (Å²) in [4.78, 5) is 27.2. The van der Waals surface area contributed by atoms with Crippen molar-refractivity contribution in [3.8, 4) is 0 Å². The van der Waals surface area contributed by atoms with E-state index in [1.54, 1.807) is 17.0 Å². The van der Waals surface area contributed by atoms with E-state index in [9.17, 15) is 14.7 Å². The van der Waals surface area contributed by atoms with Crippen LogP contribution < -0.4 is 4.90 Å². The van der Waals surface area contributed by atoms with E-state index >= 15 is 0 Å². The number of fused-ring (bicyclic) bond motifs is 1. The van der Waals surface area contributed by atoms with Gasteiger partial charge in [-0.2, -0.15) is 0 Å². The van der Waals surface area contributed by atoms with E-state index in [0.29, 0.717) is 11.3 Å². The van der Waals surface area contributed by atoms with Crippen LogP contribution >= 0.6 is 0 Å². The Hall–Kier alpha value is -1.72. The smallest absolute Gasteiger partial charge is 0.264 e. The van der Waals surface area contributed by atoms with E-state index in [4.69, 9.17) is 4.74 Å². The van der Waals surface area contributed by atoms with Crippen LogP contribution in [0.4, 0.5) is 5.69 Å². The molecule has 5 nitrogen and oxygen atoms in total. The van der Waals surface area contributed by atoms with E-state index < -0.39 is 23.0 Å². The molecule has 1 aromatic carbocycles. The molecule has 2 aliphatic rings. The van der Waals surface area contributed by atoms with Crippen molar-refractivity contribution in [1.82, 2.24) is 0 Å². The van der Waals surface area contributed by atoms with Crippen LogP contribution in [0.1, 0.15) is 39.7 Å². The van der Waals surface area contributed by atoms with Gasteiger partial charge in [0, 0.05) is 18.0 Å². The van der Waals surface area contributed by atoms with Crippen molar-refractivity contribution in [2.75, 3.05) is 11.5 Å². The number of aliphatic hydroxyl groups is 1. The average Bonchev–Trinajstić information content (AvgIpc) is 2.67. The predicted molar refractivity (Wildman–Crippen MR) is 86.1 cm³/mol. The average molecular weight is 317 g/mol. The fraction of sp³-hybridized carbons (Fsp3) is 0.556. The van der Waals surface area contributed by atoms with Gasteiger partial charge in [-0.1, -0.05) is 18.2 Å². The number of amides is 1. The summed E-state index contributed by atoms with van der Waals surface area (Å²) in [5, 5.41) is 11.3. The molecule has 1 aromatic rings. The van der Waals surface area contributed by atoms with E-state index in [1.165, 1.54) is 0 Å². The third-order valence-electron chi connectivity index (χ3n) is 4.77. The minimum atomic E-state index is -1.84. The number of hydrogen-bond donors (Lipinski definition) is 1. The van der Waals surface area contributed by atoms with Crippen LogP contribution in [0, 0.1) is 5.92 Å². The number of carbonyl (C=O) groups excluding carboxylic acids is 2. The largest absolute Gasteiger partial charge is 0.375 e. The lowest BCUT2D eigenvalue weighted by Gasteiger charge is -2.39. The van der Waals surface area contributed by atoms with Gasteiger partial charge in [0.2, 0.25) is 0 Å². The number of para-hydroxylation sites is 1. The molecule has 0 spiro atoms. The standard InChI is InChI=1S/C18H23NO4/c1-11(2)19-14-8-6-5-7-12(14)18(22,16(19)21)13-10-23-17(3,4)9-15(13)20/h5-8,11,13,22H,9-10H2,1-4H3/t13-,18-/m0/s1. The second-order valence-electron chi connectivity index (χ2n) is 7.32. The maximum absolute atomic E-state index is 13.0. The molecule has 0 radical (unpaired) electrons. The Morgan fingerprint density at radius 3 is 2.52 bits per heavy atom. The van der Waals surface area contributed by atoms with Crippen LogP contribution in [0.5, 0.6) is 0 Å². The van der Waals surface area contributed by atoms with E-state index in [1.807, 2.05) is 39.8 Å². The van der Waals surface area contributed by atoms with E-state index in [0.717, 1.165) is 0 Å². The summed E-state index contributed by atoms with van der Waals surface area (Å²) < 4.78 is 5.73. The number of ketones is 1. The van der Waals surface area contributed by atoms with Crippen molar-refractivity contribution in [2.45, 2.75) is 51.4 Å². The Labute approximate surface area is 136 Å². The Morgan fingerprint density at radius 2 is 1.91 bits per heavy atom. The molecule has 1 amide bonds. The normalized spacial score (nSPS) is 30.0. The number of Topliss-reactive ketones (excluding diaryl/α,β-unsaturated/α-hetero) is 1. The van der Waals surface area contributed by atoms with Crippen molar-refractivity contribution < 1.29 is 19.4 Å². The summed E-state index contributed by atoms with van der Waals surface area (Å²) in [5.74, 6) is -1.43. The molecule has 2 aliphatic heterocycles. The minimum Gasteiger partial charge on any atom is -0.375 e. The van der Waals surface area contributed by atoms with Gasteiger partial charge in [0.15, 0.2) is 5.60 Å². The molecule has 2 heterocycles. The van der Waals surface area contributed by atoms with Crippen LogP contribution in [0.3, 0.4) is 0 Å². The van der Waals surface area contributed by atoms with Gasteiger partial charge >= 0.3 is 0 Å². The molecule has 3 rings (SSSR count). The first-order valence-electron chi connectivity index (χ1n) is 8.00. The predicted octanol–water partition coefficient (Wildman–Crippen LogP) is 2.01. The van der Waals surface area contributed by atoms with E-state index in [-0.39, 0.29) is 24.9 Å². The number of nitrogens with zero attached hydrogens (tertiary/aromatic N) is 1. The second-order valence-corrected chi connectivity index (χ2v) is 7.32. The molecule has 1 fully saturated rings. The van der Waals surface area contributed by atoms with Gasteiger partial charge < -0.3 is 14.7 Å². The van der Waals surface area contributed by atoms with Gasteiger partial charge in [0.25, 0.3) is 5.91 Å². The Morgan fingerprint density at radius 1 is 1.26 bits per heavy atom. The second kappa shape index (κ2) is 5.14. The zero-order valence-electron chi connectivity index (χ0n) is 14.0. The van der Waals surface area contributed by atoms with Crippen molar-refractivity contribution in [1.29, 1.82) is 0 Å². The zero-order chi connectivity index (χ0) is 17.0. The fourth-order valence-electron chi connectivity index (χ4n) is 3.61. The SMILES string of the molecule is CC(C)N1C(=O)[C@@](O)([C@H]2COC(C)(C)CC2=O)c2ccccc21. The molecule has 0 unspecified atom stereocenters. The molecule has 0 aliphatic carbocycles. The first-order chi connectivity index (χ1) is 10.7. The lowest BCUT2D eigenvalue weighted by molar-refractivity contribution is -0.172. The van der Waals surface area contributed by atoms with Gasteiger partial charge in [0.05, 0.1) is 23.8 Å². The summed E-state index contributed by atoms with van der Waals surface area (Å²) in [7, 11) is 0. The number of anilines is 1. The Bertz CT molecular complexity index is 667.